The van der Waals surface area contributed by atoms with Crippen molar-refractivity contribution in [2.24, 2.45) is 16.2 Å². The van der Waals surface area contributed by atoms with Crippen molar-refractivity contribution in [2.75, 3.05) is 13.9 Å². The summed E-state index contributed by atoms with van der Waals surface area (Å²) in [5.74, 6) is -1.62. The number of benzene rings is 3. The van der Waals surface area contributed by atoms with Gasteiger partial charge in [0.05, 0.1) is 23.4 Å². The number of aliphatic hydroxyl groups excluding tert-OH is 1. The van der Waals surface area contributed by atoms with E-state index < -0.39 is 40.9 Å². The lowest BCUT2D eigenvalue weighted by Crippen LogP contribution is -2.44. The first-order valence-corrected chi connectivity index (χ1v) is 12.8. The summed E-state index contributed by atoms with van der Waals surface area (Å²) in [6.45, 7) is 7.89. The van der Waals surface area contributed by atoms with E-state index in [0.717, 1.165) is 27.1 Å². The molecular weight excluding hydrogens is 484 g/mol. The van der Waals surface area contributed by atoms with Crippen LogP contribution in [0.3, 0.4) is 0 Å². The molecule has 2 atom stereocenters. The fourth-order valence-electron chi connectivity index (χ4n) is 5.54. The summed E-state index contributed by atoms with van der Waals surface area (Å²) in [5, 5.41) is 13.4. The van der Waals surface area contributed by atoms with Crippen molar-refractivity contribution in [3.63, 3.8) is 0 Å². The van der Waals surface area contributed by atoms with E-state index in [0.29, 0.717) is 6.42 Å². The lowest BCUT2D eigenvalue weighted by molar-refractivity contribution is -0.173. The van der Waals surface area contributed by atoms with Gasteiger partial charge in [0.15, 0.2) is 6.79 Å². The van der Waals surface area contributed by atoms with E-state index >= 15 is 0 Å². The quantitative estimate of drug-likeness (QED) is 0.144. The predicted molar refractivity (Wildman–Crippen MR) is 146 cm³/mol. The van der Waals surface area contributed by atoms with Crippen LogP contribution in [0.25, 0.3) is 21.5 Å². The van der Waals surface area contributed by atoms with Crippen LogP contribution in [0.2, 0.25) is 0 Å². The van der Waals surface area contributed by atoms with Crippen LogP contribution in [0.1, 0.15) is 59.4 Å². The number of fused-ring (bicyclic) bond motifs is 2. The molecule has 0 saturated carbocycles. The first-order valence-electron chi connectivity index (χ1n) is 12.8. The third kappa shape index (κ3) is 5.99. The maximum atomic E-state index is 13.6. The van der Waals surface area contributed by atoms with Crippen LogP contribution in [0.5, 0.6) is 0 Å². The van der Waals surface area contributed by atoms with Gasteiger partial charge in [0.25, 0.3) is 0 Å². The Bertz CT molecular complexity index is 1270. The average molecular weight is 523 g/mol. The van der Waals surface area contributed by atoms with Gasteiger partial charge in [0.1, 0.15) is 6.61 Å². The Morgan fingerprint density at radius 3 is 1.79 bits per heavy atom. The Hall–Kier alpha value is -3.45. The van der Waals surface area contributed by atoms with Crippen molar-refractivity contribution in [1.82, 2.24) is 0 Å². The standard InChI is InChI=1S/C31H38O7/c1-7-30(4,19-31(5,28(35)38-20-32)18-29(2,3)26(33)36-6)27(34)37-17-25-23-14-10-8-12-21(23)16-22-13-9-11-15-24(22)25/h8-16,32H,7,17-20H2,1-6H3. The number of esters is 3. The molecule has 204 valence electrons. The fourth-order valence-corrected chi connectivity index (χ4v) is 5.54. The fraction of sp³-hybridized carbons (Fsp3) is 0.452. The monoisotopic (exact) mass is 522 g/mol. The summed E-state index contributed by atoms with van der Waals surface area (Å²) >= 11 is 0. The van der Waals surface area contributed by atoms with Gasteiger partial charge >= 0.3 is 17.9 Å². The molecule has 7 heteroatoms. The maximum Gasteiger partial charge on any atom is 0.313 e. The molecule has 0 amide bonds. The molecule has 0 aliphatic heterocycles. The van der Waals surface area contributed by atoms with Crippen LogP contribution in [-0.4, -0.2) is 36.9 Å². The summed E-state index contributed by atoms with van der Waals surface area (Å²) in [7, 11) is 1.29. The number of aliphatic hydroxyl groups is 1. The largest absolute Gasteiger partial charge is 0.469 e. The van der Waals surface area contributed by atoms with Crippen molar-refractivity contribution in [3.05, 3.63) is 60.2 Å². The van der Waals surface area contributed by atoms with E-state index in [9.17, 15) is 19.5 Å². The highest BCUT2D eigenvalue weighted by atomic mass is 16.6. The Labute approximate surface area is 224 Å². The lowest BCUT2D eigenvalue weighted by atomic mass is 9.65. The summed E-state index contributed by atoms with van der Waals surface area (Å²) < 4.78 is 15.9. The molecule has 2 unspecified atom stereocenters. The van der Waals surface area contributed by atoms with E-state index in [1.807, 2.05) is 55.5 Å². The molecule has 38 heavy (non-hydrogen) atoms. The third-order valence-corrected chi connectivity index (χ3v) is 7.54. The van der Waals surface area contributed by atoms with E-state index in [1.54, 1.807) is 27.7 Å². The van der Waals surface area contributed by atoms with E-state index in [1.165, 1.54) is 7.11 Å². The van der Waals surface area contributed by atoms with Crippen molar-refractivity contribution < 1.29 is 33.7 Å². The second-order valence-corrected chi connectivity index (χ2v) is 11.1. The highest BCUT2D eigenvalue weighted by Crippen LogP contribution is 2.46. The van der Waals surface area contributed by atoms with Crippen LogP contribution in [0.15, 0.2) is 54.6 Å². The van der Waals surface area contributed by atoms with Gasteiger partial charge in [-0.2, -0.15) is 0 Å². The van der Waals surface area contributed by atoms with Crippen LogP contribution in [0.4, 0.5) is 0 Å². The number of hydrogen-bond donors (Lipinski definition) is 1. The van der Waals surface area contributed by atoms with Gasteiger partial charge in [-0.1, -0.05) is 55.5 Å². The average Bonchev–Trinajstić information content (AvgIpc) is 2.89. The molecular formula is C31H38O7. The SMILES string of the molecule is CCC(C)(CC(C)(CC(C)(C)C(=O)OC)C(=O)OCO)C(=O)OCc1c2ccccc2cc2ccccc12. The first kappa shape index (κ1) is 29.1. The van der Waals surface area contributed by atoms with E-state index in [-0.39, 0.29) is 19.4 Å². The Morgan fingerprint density at radius 1 is 0.763 bits per heavy atom. The maximum absolute atomic E-state index is 13.6. The van der Waals surface area contributed by atoms with Gasteiger partial charge in [-0.3, -0.25) is 14.4 Å². The van der Waals surface area contributed by atoms with E-state index in [2.05, 4.69) is 6.07 Å². The van der Waals surface area contributed by atoms with Gasteiger partial charge in [-0.05, 0) is 74.6 Å². The Balaban J connectivity index is 1.93. The van der Waals surface area contributed by atoms with Gasteiger partial charge in [-0.15, -0.1) is 0 Å². The topological polar surface area (TPSA) is 99.1 Å². The zero-order valence-electron chi connectivity index (χ0n) is 23.1. The molecule has 0 aliphatic carbocycles. The molecule has 0 aliphatic rings. The lowest BCUT2D eigenvalue weighted by Gasteiger charge is -2.39. The first-order chi connectivity index (χ1) is 17.9. The molecule has 3 aromatic carbocycles. The predicted octanol–water partition coefficient (Wildman–Crippen LogP) is 5.93. The number of hydrogen-bond acceptors (Lipinski definition) is 7. The molecule has 0 heterocycles. The van der Waals surface area contributed by atoms with Crippen LogP contribution in [0, 0.1) is 16.2 Å². The molecule has 1 N–H and O–H groups in total. The molecule has 3 rings (SSSR count). The Morgan fingerprint density at radius 2 is 1.29 bits per heavy atom. The molecule has 0 aromatic heterocycles. The highest BCUT2D eigenvalue weighted by molar-refractivity contribution is 6.02. The number of carbonyl (C=O) groups is 3. The number of carbonyl (C=O) groups excluding carboxylic acids is 3. The molecule has 7 nitrogen and oxygen atoms in total. The summed E-state index contributed by atoms with van der Waals surface area (Å²) in [5.41, 5.74) is -2.44. The van der Waals surface area contributed by atoms with Crippen molar-refractivity contribution in [1.29, 1.82) is 0 Å². The number of ether oxygens (including phenoxy) is 3. The molecule has 0 saturated heterocycles. The molecule has 0 bridgehead atoms. The van der Waals surface area contributed by atoms with Gasteiger partial charge in [0, 0.05) is 5.56 Å². The molecule has 0 spiro atoms. The van der Waals surface area contributed by atoms with Crippen LogP contribution in [-0.2, 0) is 35.2 Å². The summed E-state index contributed by atoms with van der Waals surface area (Å²) in [6, 6.07) is 18.1. The van der Waals surface area contributed by atoms with Gasteiger partial charge in [0.2, 0.25) is 0 Å². The second-order valence-electron chi connectivity index (χ2n) is 11.1. The minimum absolute atomic E-state index is 0.0579. The van der Waals surface area contributed by atoms with Gasteiger partial charge in [-0.25, -0.2) is 0 Å². The van der Waals surface area contributed by atoms with E-state index in [4.69, 9.17) is 14.2 Å². The zero-order chi connectivity index (χ0) is 28.1. The number of methoxy groups -OCH3 is 1. The van der Waals surface area contributed by atoms with Crippen molar-refractivity contribution in [2.45, 2.75) is 60.5 Å². The minimum atomic E-state index is -1.27. The van der Waals surface area contributed by atoms with Crippen LogP contribution >= 0.6 is 0 Å². The van der Waals surface area contributed by atoms with Crippen molar-refractivity contribution in [3.8, 4) is 0 Å². The Kier molecular flexibility index (Phi) is 8.82. The summed E-state index contributed by atoms with van der Waals surface area (Å²) in [4.78, 5) is 39.1. The third-order valence-electron chi connectivity index (χ3n) is 7.54. The minimum Gasteiger partial charge on any atom is -0.469 e. The highest BCUT2D eigenvalue weighted by Gasteiger charge is 2.49. The van der Waals surface area contributed by atoms with Crippen LogP contribution < -0.4 is 0 Å². The normalized spacial score (nSPS) is 14.9. The van der Waals surface area contributed by atoms with Gasteiger partial charge < -0.3 is 19.3 Å². The second kappa shape index (κ2) is 11.5. The summed E-state index contributed by atoms with van der Waals surface area (Å²) in [6.07, 6.45) is 0.510. The number of rotatable bonds is 11. The molecule has 0 fully saturated rings. The zero-order valence-corrected chi connectivity index (χ0v) is 23.1. The van der Waals surface area contributed by atoms with Crippen molar-refractivity contribution >= 4 is 39.5 Å². The molecule has 3 aromatic rings. The molecule has 0 radical (unpaired) electrons. The smallest absolute Gasteiger partial charge is 0.313 e.